The molecule has 1 unspecified atom stereocenters. The molecule has 0 amide bonds. The van der Waals surface area contributed by atoms with Gasteiger partial charge in [-0.25, -0.2) is 4.98 Å². The van der Waals surface area contributed by atoms with Crippen molar-refractivity contribution in [1.82, 2.24) is 29.9 Å². The van der Waals surface area contributed by atoms with Crippen LogP contribution in [0.3, 0.4) is 0 Å². The molecule has 0 fully saturated rings. The Balaban J connectivity index is 1.38. The summed E-state index contributed by atoms with van der Waals surface area (Å²) in [7, 11) is 0. The van der Waals surface area contributed by atoms with Crippen molar-refractivity contribution >= 4 is 0 Å². The van der Waals surface area contributed by atoms with Gasteiger partial charge in [0.15, 0.2) is 0 Å². The first kappa shape index (κ1) is 18.7. The summed E-state index contributed by atoms with van der Waals surface area (Å²) in [4.78, 5) is 9.16. The van der Waals surface area contributed by atoms with Crippen LogP contribution in [0.2, 0.25) is 0 Å². The lowest BCUT2D eigenvalue weighted by molar-refractivity contribution is 0.555. The minimum atomic E-state index is 0.540. The highest BCUT2D eigenvalue weighted by Crippen LogP contribution is 2.38. The molecule has 0 saturated heterocycles. The first-order chi connectivity index (χ1) is 14.6. The SMILES string of the molecule is Cc1[nH]nnc1-c1ccnc(-c2cn(CC3CCc4c(C(C)C)cccc43)cn2)c1. The number of hydrogen-bond donors (Lipinski definition) is 1. The van der Waals surface area contributed by atoms with E-state index in [4.69, 9.17) is 0 Å². The molecule has 1 aromatic carbocycles. The van der Waals surface area contributed by atoms with Gasteiger partial charge in [0.25, 0.3) is 0 Å². The molecule has 0 saturated carbocycles. The molecule has 0 bridgehead atoms. The zero-order chi connectivity index (χ0) is 20.7. The molecule has 1 aliphatic rings. The first-order valence-corrected chi connectivity index (χ1v) is 10.6. The number of aromatic amines is 1. The standard InChI is InChI=1S/C24H26N6/c1-15(2)19-5-4-6-20-18(7-8-21(19)20)12-30-13-23(26-14-30)22-11-17(9-10-25-22)24-16(3)27-29-28-24/h4-6,9-11,13-15,18H,7-8,12H2,1-3H3,(H,27,28,29). The third-order valence-electron chi connectivity index (χ3n) is 6.14. The Labute approximate surface area is 176 Å². The van der Waals surface area contributed by atoms with Gasteiger partial charge in [0.05, 0.1) is 17.7 Å². The number of aromatic nitrogens is 6. The Hall–Kier alpha value is -3.28. The summed E-state index contributed by atoms with van der Waals surface area (Å²) in [6, 6.07) is 10.8. The van der Waals surface area contributed by atoms with Gasteiger partial charge in [-0.3, -0.25) is 10.1 Å². The van der Waals surface area contributed by atoms with Crippen LogP contribution < -0.4 is 0 Å². The average molecular weight is 399 g/mol. The van der Waals surface area contributed by atoms with Gasteiger partial charge in [-0.2, -0.15) is 0 Å². The zero-order valence-corrected chi connectivity index (χ0v) is 17.6. The second kappa shape index (κ2) is 7.52. The fraction of sp³-hybridized carbons (Fsp3) is 0.333. The van der Waals surface area contributed by atoms with Crippen LogP contribution in [0, 0.1) is 6.92 Å². The number of aryl methyl sites for hydroxylation is 1. The summed E-state index contributed by atoms with van der Waals surface area (Å²) in [5.74, 6) is 1.11. The molecular weight excluding hydrogens is 372 g/mol. The highest BCUT2D eigenvalue weighted by atomic mass is 15.3. The van der Waals surface area contributed by atoms with Crippen LogP contribution in [0.5, 0.6) is 0 Å². The van der Waals surface area contributed by atoms with E-state index in [1.807, 2.05) is 25.4 Å². The normalized spacial score (nSPS) is 15.7. The molecule has 152 valence electrons. The van der Waals surface area contributed by atoms with Crippen molar-refractivity contribution < 1.29 is 0 Å². The van der Waals surface area contributed by atoms with Gasteiger partial charge >= 0.3 is 0 Å². The van der Waals surface area contributed by atoms with Crippen molar-refractivity contribution in [2.24, 2.45) is 0 Å². The van der Waals surface area contributed by atoms with Crippen LogP contribution in [-0.4, -0.2) is 29.9 Å². The van der Waals surface area contributed by atoms with Crippen LogP contribution in [-0.2, 0) is 13.0 Å². The molecule has 5 rings (SSSR count). The Morgan fingerprint density at radius 3 is 2.87 bits per heavy atom. The molecule has 0 spiro atoms. The van der Waals surface area contributed by atoms with Crippen molar-refractivity contribution in [1.29, 1.82) is 0 Å². The van der Waals surface area contributed by atoms with Gasteiger partial charge in [0, 0.05) is 30.4 Å². The second-order valence-electron chi connectivity index (χ2n) is 8.48. The number of imidazole rings is 1. The van der Waals surface area contributed by atoms with E-state index in [0.717, 1.165) is 34.9 Å². The molecule has 0 radical (unpaired) electrons. The third-order valence-corrected chi connectivity index (χ3v) is 6.14. The maximum atomic E-state index is 4.63. The minimum absolute atomic E-state index is 0.540. The maximum Gasteiger partial charge on any atom is 0.115 e. The van der Waals surface area contributed by atoms with Crippen LogP contribution >= 0.6 is 0 Å². The van der Waals surface area contributed by atoms with Gasteiger partial charge in [0.2, 0.25) is 0 Å². The van der Waals surface area contributed by atoms with E-state index < -0.39 is 0 Å². The lowest BCUT2D eigenvalue weighted by Crippen LogP contribution is -2.05. The molecule has 6 nitrogen and oxygen atoms in total. The van der Waals surface area contributed by atoms with E-state index in [1.165, 1.54) is 24.0 Å². The van der Waals surface area contributed by atoms with E-state index in [-0.39, 0.29) is 0 Å². The molecule has 3 aromatic heterocycles. The molecule has 6 heteroatoms. The smallest absolute Gasteiger partial charge is 0.115 e. The molecule has 3 heterocycles. The Kier molecular flexibility index (Phi) is 4.69. The topological polar surface area (TPSA) is 72.3 Å². The Bertz CT molecular complexity index is 1190. The van der Waals surface area contributed by atoms with Crippen LogP contribution in [0.1, 0.15) is 54.5 Å². The van der Waals surface area contributed by atoms with Gasteiger partial charge in [0.1, 0.15) is 11.4 Å². The third kappa shape index (κ3) is 3.32. The number of nitrogens with zero attached hydrogens (tertiary/aromatic N) is 5. The highest BCUT2D eigenvalue weighted by Gasteiger charge is 2.25. The molecule has 1 N–H and O–H groups in total. The summed E-state index contributed by atoms with van der Waals surface area (Å²) in [6.45, 7) is 7.48. The summed E-state index contributed by atoms with van der Waals surface area (Å²) < 4.78 is 2.20. The molecule has 1 atom stereocenters. The van der Waals surface area contributed by atoms with Gasteiger partial charge in [-0.1, -0.05) is 37.3 Å². The number of benzene rings is 1. The van der Waals surface area contributed by atoms with Crippen molar-refractivity contribution in [2.75, 3.05) is 0 Å². The van der Waals surface area contributed by atoms with E-state index in [9.17, 15) is 0 Å². The fourth-order valence-corrected chi connectivity index (χ4v) is 4.62. The average Bonchev–Trinajstić information content (AvgIpc) is 3.48. The number of fused-ring (bicyclic) bond motifs is 1. The molecule has 0 aliphatic heterocycles. The van der Waals surface area contributed by atoms with Gasteiger partial charge in [-0.15, -0.1) is 5.10 Å². The molecule has 1 aliphatic carbocycles. The minimum Gasteiger partial charge on any atom is -0.336 e. The Morgan fingerprint density at radius 2 is 2.07 bits per heavy atom. The van der Waals surface area contributed by atoms with Crippen molar-refractivity contribution in [3.05, 3.63) is 71.4 Å². The molecule has 4 aromatic rings. The molecule has 30 heavy (non-hydrogen) atoms. The number of rotatable bonds is 5. The number of nitrogens with one attached hydrogen (secondary N) is 1. The van der Waals surface area contributed by atoms with Crippen LogP contribution in [0.4, 0.5) is 0 Å². The lowest BCUT2D eigenvalue weighted by Gasteiger charge is -2.15. The first-order valence-electron chi connectivity index (χ1n) is 10.6. The summed E-state index contributed by atoms with van der Waals surface area (Å²) in [6.07, 6.45) is 8.21. The predicted molar refractivity (Wildman–Crippen MR) is 117 cm³/mol. The van der Waals surface area contributed by atoms with Crippen molar-refractivity contribution in [2.45, 2.75) is 52.0 Å². The quantitative estimate of drug-likeness (QED) is 0.519. The highest BCUT2D eigenvalue weighted by molar-refractivity contribution is 5.67. The van der Waals surface area contributed by atoms with Crippen LogP contribution in [0.25, 0.3) is 22.6 Å². The van der Waals surface area contributed by atoms with E-state index in [2.05, 4.69) is 68.2 Å². The van der Waals surface area contributed by atoms with Crippen LogP contribution in [0.15, 0.2) is 49.1 Å². The zero-order valence-electron chi connectivity index (χ0n) is 17.6. The summed E-state index contributed by atoms with van der Waals surface area (Å²) >= 11 is 0. The number of hydrogen-bond acceptors (Lipinski definition) is 4. The van der Waals surface area contributed by atoms with E-state index in [0.29, 0.717) is 11.8 Å². The number of pyridine rings is 1. The second-order valence-corrected chi connectivity index (χ2v) is 8.48. The van der Waals surface area contributed by atoms with E-state index >= 15 is 0 Å². The van der Waals surface area contributed by atoms with Gasteiger partial charge < -0.3 is 4.57 Å². The largest absolute Gasteiger partial charge is 0.336 e. The van der Waals surface area contributed by atoms with E-state index in [1.54, 1.807) is 11.8 Å². The molecular formula is C24H26N6. The number of H-pyrrole nitrogens is 1. The lowest BCUT2D eigenvalue weighted by atomic mass is 9.93. The monoisotopic (exact) mass is 398 g/mol. The summed E-state index contributed by atoms with van der Waals surface area (Å²) in [5, 5.41) is 10.9. The van der Waals surface area contributed by atoms with Crippen molar-refractivity contribution in [3.63, 3.8) is 0 Å². The van der Waals surface area contributed by atoms with Gasteiger partial charge in [-0.05, 0) is 54.5 Å². The fourth-order valence-electron chi connectivity index (χ4n) is 4.62. The maximum absolute atomic E-state index is 4.63. The summed E-state index contributed by atoms with van der Waals surface area (Å²) in [5.41, 5.74) is 9.10. The Morgan fingerprint density at radius 1 is 1.17 bits per heavy atom. The van der Waals surface area contributed by atoms with Crippen molar-refractivity contribution in [3.8, 4) is 22.6 Å². The predicted octanol–water partition coefficient (Wildman–Crippen LogP) is 4.89.